The van der Waals surface area contributed by atoms with Crippen molar-refractivity contribution in [3.63, 3.8) is 0 Å². The summed E-state index contributed by atoms with van der Waals surface area (Å²) in [5.74, 6) is -0.0166. The van der Waals surface area contributed by atoms with E-state index in [1.165, 1.54) is 5.56 Å². The lowest BCUT2D eigenvalue weighted by Gasteiger charge is -2.24. The van der Waals surface area contributed by atoms with Crippen LogP contribution in [0.3, 0.4) is 0 Å². The number of aryl methyl sites for hydroxylation is 2. The Hall–Kier alpha value is -1.36. The molecule has 6 heteroatoms. The van der Waals surface area contributed by atoms with Crippen molar-refractivity contribution < 1.29 is 4.79 Å². The molecule has 2 aromatic rings. The second kappa shape index (κ2) is 8.48. The van der Waals surface area contributed by atoms with Gasteiger partial charge in [0.25, 0.3) is 5.91 Å². The molecule has 1 amide bonds. The number of rotatable bonds is 2. The van der Waals surface area contributed by atoms with Crippen LogP contribution < -0.4 is 10.6 Å². The maximum absolute atomic E-state index is 12.5. The van der Waals surface area contributed by atoms with Crippen LogP contribution in [0.25, 0.3) is 10.9 Å². The molecule has 1 saturated heterocycles. The van der Waals surface area contributed by atoms with Crippen LogP contribution in [-0.2, 0) is 0 Å². The van der Waals surface area contributed by atoms with Crippen LogP contribution in [0.5, 0.6) is 0 Å². The molecule has 0 radical (unpaired) electrons. The summed E-state index contributed by atoms with van der Waals surface area (Å²) in [4.78, 5) is 17.0. The van der Waals surface area contributed by atoms with Crippen molar-refractivity contribution in [3.8, 4) is 0 Å². The fourth-order valence-electron chi connectivity index (χ4n) is 2.86. The van der Waals surface area contributed by atoms with Gasteiger partial charge in [0.2, 0.25) is 0 Å². The molecule has 2 N–H and O–H groups in total. The molecule has 1 atom stereocenters. The summed E-state index contributed by atoms with van der Waals surface area (Å²) in [6, 6.07) is 8.29. The molecule has 0 unspecified atom stereocenters. The number of hydrogen-bond acceptors (Lipinski definition) is 3. The number of nitrogens with one attached hydrogen (secondary N) is 2. The average molecular weight is 356 g/mol. The zero-order valence-corrected chi connectivity index (χ0v) is 15.0. The number of benzene rings is 1. The van der Waals surface area contributed by atoms with Crippen molar-refractivity contribution in [1.82, 2.24) is 15.6 Å². The number of hydrogen-bond donors (Lipinski definition) is 2. The first-order valence-electron chi connectivity index (χ1n) is 7.53. The third-order valence-corrected chi connectivity index (χ3v) is 4.04. The maximum Gasteiger partial charge on any atom is 0.253 e. The van der Waals surface area contributed by atoms with Crippen molar-refractivity contribution in [3.05, 3.63) is 41.1 Å². The van der Waals surface area contributed by atoms with E-state index >= 15 is 0 Å². The normalized spacial score (nSPS) is 17.0. The van der Waals surface area contributed by atoms with Gasteiger partial charge in [-0.1, -0.05) is 11.6 Å². The lowest BCUT2D eigenvalue weighted by molar-refractivity contribution is 0.0930. The van der Waals surface area contributed by atoms with Crippen molar-refractivity contribution in [2.75, 3.05) is 13.1 Å². The number of carbonyl (C=O) groups excluding carboxylic acids is 1. The number of nitrogens with zero attached hydrogens (tertiary/aromatic N) is 1. The van der Waals surface area contributed by atoms with Gasteiger partial charge in [-0.25, -0.2) is 0 Å². The molecule has 0 aliphatic carbocycles. The molecule has 3 rings (SSSR count). The van der Waals surface area contributed by atoms with Crippen molar-refractivity contribution in [1.29, 1.82) is 0 Å². The Morgan fingerprint density at radius 3 is 2.74 bits per heavy atom. The molecule has 1 aromatic heterocycles. The smallest absolute Gasteiger partial charge is 0.253 e. The highest BCUT2D eigenvalue weighted by molar-refractivity contribution is 5.98. The molecule has 0 saturated carbocycles. The first-order chi connectivity index (χ1) is 10.1. The molecule has 1 aromatic carbocycles. The molecule has 1 aliphatic rings. The summed E-state index contributed by atoms with van der Waals surface area (Å²) < 4.78 is 0. The number of piperidine rings is 1. The predicted molar refractivity (Wildman–Crippen MR) is 99.1 cm³/mol. The number of halogens is 2. The largest absolute Gasteiger partial charge is 0.348 e. The summed E-state index contributed by atoms with van der Waals surface area (Å²) in [5, 5.41) is 7.45. The fraction of sp³-hybridized carbons (Fsp3) is 0.412. The van der Waals surface area contributed by atoms with E-state index in [1.54, 1.807) is 0 Å². The van der Waals surface area contributed by atoms with Crippen molar-refractivity contribution in [2.45, 2.75) is 32.7 Å². The molecule has 0 bridgehead atoms. The first-order valence-corrected chi connectivity index (χ1v) is 7.53. The van der Waals surface area contributed by atoms with Gasteiger partial charge >= 0.3 is 0 Å². The van der Waals surface area contributed by atoms with Gasteiger partial charge in [-0.2, -0.15) is 0 Å². The highest BCUT2D eigenvalue weighted by Crippen LogP contribution is 2.18. The molecule has 1 aliphatic heterocycles. The third-order valence-electron chi connectivity index (χ3n) is 4.04. The van der Waals surface area contributed by atoms with Crippen LogP contribution in [-0.4, -0.2) is 30.0 Å². The van der Waals surface area contributed by atoms with Gasteiger partial charge in [-0.3, -0.25) is 9.78 Å². The van der Waals surface area contributed by atoms with E-state index in [4.69, 9.17) is 0 Å². The second-order valence-corrected chi connectivity index (χ2v) is 5.83. The van der Waals surface area contributed by atoms with Crippen LogP contribution in [0.1, 0.15) is 34.5 Å². The topological polar surface area (TPSA) is 54.0 Å². The molecule has 0 spiro atoms. The lowest BCUT2D eigenvalue weighted by atomic mass is 10.0. The van der Waals surface area contributed by atoms with Gasteiger partial charge in [0.15, 0.2) is 0 Å². The van der Waals surface area contributed by atoms with Crippen LogP contribution in [0.4, 0.5) is 0 Å². The van der Waals surface area contributed by atoms with Crippen LogP contribution in [0.2, 0.25) is 0 Å². The molecular formula is C17H23Cl2N3O. The number of carbonyl (C=O) groups is 1. The second-order valence-electron chi connectivity index (χ2n) is 5.83. The third kappa shape index (κ3) is 4.56. The van der Waals surface area contributed by atoms with Gasteiger partial charge in [-0.05, 0) is 51.4 Å². The van der Waals surface area contributed by atoms with Gasteiger partial charge in [-0.15, -0.1) is 24.8 Å². The molecule has 126 valence electrons. The average Bonchev–Trinajstić information content (AvgIpc) is 2.48. The number of pyridine rings is 1. The standard InChI is InChI=1S/C17H21N3O.2ClH/c1-11-5-6-16-13(8-11)9-15(12(2)19-16)17(21)20-14-4-3-7-18-10-14;;/h5-6,8-9,14,18H,3-4,7,10H2,1-2H3,(H,20,21);2*1H/t14-;;/m0../s1. The Morgan fingerprint density at radius 1 is 1.26 bits per heavy atom. The van der Waals surface area contributed by atoms with Crippen LogP contribution in [0.15, 0.2) is 24.3 Å². The van der Waals surface area contributed by atoms with Crippen molar-refractivity contribution in [2.24, 2.45) is 0 Å². The highest BCUT2D eigenvalue weighted by atomic mass is 35.5. The molecule has 23 heavy (non-hydrogen) atoms. The van der Waals surface area contributed by atoms with E-state index < -0.39 is 0 Å². The van der Waals surface area contributed by atoms with Crippen LogP contribution >= 0.6 is 24.8 Å². The maximum atomic E-state index is 12.5. The van der Waals surface area contributed by atoms with Gasteiger partial charge in [0.05, 0.1) is 16.8 Å². The predicted octanol–water partition coefficient (Wildman–Crippen LogP) is 3.18. The molecular weight excluding hydrogens is 333 g/mol. The zero-order chi connectivity index (χ0) is 14.8. The van der Waals surface area contributed by atoms with E-state index in [2.05, 4.69) is 21.7 Å². The Kier molecular flexibility index (Phi) is 7.26. The summed E-state index contributed by atoms with van der Waals surface area (Å²) >= 11 is 0. The fourth-order valence-corrected chi connectivity index (χ4v) is 2.86. The van der Waals surface area contributed by atoms with Crippen LogP contribution in [0, 0.1) is 13.8 Å². The van der Waals surface area contributed by atoms with E-state index in [9.17, 15) is 4.79 Å². The minimum absolute atomic E-state index is 0. The Bertz CT molecular complexity index is 685. The molecule has 2 heterocycles. The van der Waals surface area contributed by atoms with E-state index in [0.29, 0.717) is 5.56 Å². The summed E-state index contributed by atoms with van der Waals surface area (Å²) in [6.07, 6.45) is 2.15. The minimum Gasteiger partial charge on any atom is -0.348 e. The quantitative estimate of drug-likeness (QED) is 0.869. The van der Waals surface area contributed by atoms with Gasteiger partial charge < -0.3 is 10.6 Å². The number of amides is 1. The number of aromatic nitrogens is 1. The monoisotopic (exact) mass is 355 g/mol. The SMILES string of the molecule is Cc1ccc2nc(C)c(C(=O)N[C@H]3CCCNC3)cc2c1.Cl.Cl. The number of fused-ring (bicyclic) bond motifs is 1. The lowest BCUT2D eigenvalue weighted by Crippen LogP contribution is -2.45. The molecule has 4 nitrogen and oxygen atoms in total. The summed E-state index contributed by atoms with van der Waals surface area (Å²) in [5.41, 5.74) is 3.58. The summed E-state index contributed by atoms with van der Waals surface area (Å²) in [7, 11) is 0. The van der Waals surface area contributed by atoms with Gasteiger partial charge in [0.1, 0.15) is 0 Å². The van der Waals surface area contributed by atoms with Gasteiger partial charge in [0, 0.05) is 18.0 Å². The minimum atomic E-state index is -0.0166. The Balaban J connectivity index is 0.00000132. The van der Waals surface area contributed by atoms with Crippen molar-refractivity contribution >= 4 is 41.6 Å². The van der Waals surface area contributed by atoms with E-state index in [-0.39, 0.29) is 36.8 Å². The molecule has 1 fully saturated rings. The highest BCUT2D eigenvalue weighted by Gasteiger charge is 2.18. The van der Waals surface area contributed by atoms with E-state index in [1.807, 2.05) is 32.0 Å². The summed E-state index contributed by atoms with van der Waals surface area (Å²) in [6.45, 7) is 5.84. The Morgan fingerprint density at radius 2 is 2.04 bits per heavy atom. The van der Waals surface area contributed by atoms with E-state index in [0.717, 1.165) is 42.5 Å². The Labute approximate surface area is 149 Å². The first kappa shape index (κ1) is 19.7. The zero-order valence-electron chi connectivity index (χ0n) is 13.4.